The fraction of sp³-hybridized carbons (Fsp3) is 0.429. The Labute approximate surface area is 113 Å². The number of anilines is 1. The standard InChI is InChI=1S/C14H21N3O2/c1-14(2,3)13(19)17(9-12(16)18)8-10-4-6-11(15)7-5-10/h4-7H,8-9,15H2,1-3H3,(H2,16,18). The van der Waals surface area contributed by atoms with Gasteiger partial charge in [0.25, 0.3) is 0 Å². The first-order valence-electron chi connectivity index (χ1n) is 6.12. The molecule has 0 aromatic heterocycles. The van der Waals surface area contributed by atoms with Gasteiger partial charge in [0.15, 0.2) is 0 Å². The smallest absolute Gasteiger partial charge is 0.237 e. The summed E-state index contributed by atoms with van der Waals surface area (Å²) in [6, 6.07) is 7.19. The topological polar surface area (TPSA) is 89.4 Å². The zero-order valence-electron chi connectivity index (χ0n) is 11.6. The molecule has 0 atom stereocenters. The highest BCUT2D eigenvalue weighted by molar-refractivity contribution is 5.86. The Morgan fingerprint density at radius 2 is 1.68 bits per heavy atom. The van der Waals surface area contributed by atoms with Crippen LogP contribution in [0, 0.1) is 5.41 Å². The normalized spacial score (nSPS) is 11.1. The largest absolute Gasteiger partial charge is 0.399 e. The molecule has 5 nitrogen and oxygen atoms in total. The van der Waals surface area contributed by atoms with Gasteiger partial charge in [-0.3, -0.25) is 9.59 Å². The first-order valence-corrected chi connectivity index (χ1v) is 6.12. The van der Waals surface area contributed by atoms with Gasteiger partial charge >= 0.3 is 0 Å². The Balaban J connectivity index is 2.89. The van der Waals surface area contributed by atoms with Gasteiger partial charge in [0.2, 0.25) is 11.8 Å². The number of amides is 2. The van der Waals surface area contributed by atoms with Crippen LogP contribution < -0.4 is 11.5 Å². The third-order valence-electron chi connectivity index (χ3n) is 2.63. The first-order chi connectivity index (χ1) is 8.70. The second kappa shape index (κ2) is 5.73. The third kappa shape index (κ3) is 4.62. The van der Waals surface area contributed by atoms with Gasteiger partial charge < -0.3 is 16.4 Å². The predicted molar refractivity (Wildman–Crippen MR) is 74.9 cm³/mol. The molecule has 1 rings (SSSR count). The summed E-state index contributed by atoms with van der Waals surface area (Å²) in [5.74, 6) is -0.629. The summed E-state index contributed by atoms with van der Waals surface area (Å²) in [5, 5.41) is 0. The minimum Gasteiger partial charge on any atom is -0.399 e. The molecule has 5 heteroatoms. The van der Waals surface area contributed by atoms with Crippen molar-refractivity contribution in [1.29, 1.82) is 0 Å². The molecule has 0 aliphatic rings. The highest BCUT2D eigenvalue weighted by atomic mass is 16.2. The number of benzene rings is 1. The number of carbonyl (C=O) groups excluding carboxylic acids is 2. The van der Waals surface area contributed by atoms with Gasteiger partial charge in [0.05, 0.1) is 6.54 Å². The molecule has 0 radical (unpaired) electrons. The Morgan fingerprint density at radius 3 is 2.11 bits per heavy atom. The number of nitrogen functional groups attached to an aromatic ring is 1. The van der Waals surface area contributed by atoms with Crippen LogP contribution in [-0.4, -0.2) is 23.3 Å². The molecule has 0 aliphatic carbocycles. The van der Waals surface area contributed by atoms with Crippen LogP contribution in [-0.2, 0) is 16.1 Å². The van der Waals surface area contributed by atoms with Gasteiger partial charge in [-0.15, -0.1) is 0 Å². The Bertz CT molecular complexity index is 461. The van der Waals surface area contributed by atoms with Gasteiger partial charge in [-0.2, -0.15) is 0 Å². The fourth-order valence-corrected chi connectivity index (χ4v) is 1.71. The molecule has 0 saturated carbocycles. The number of carbonyl (C=O) groups is 2. The molecule has 104 valence electrons. The van der Waals surface area contributed by atoms with E-state index in [4.69, 9.17) is 11.5 Å². The Morgan fingerprint density at radius 1 is 1.16 bits per heavy atom. The summed E-state index contributed by atoms with van der Waals surface area (Å²) >= 11 is 0. The number of hydrogen-bond donors (Lipinski definition) is 2. The number of primary amides is 1. The van der Waals surface area contributed by atoms with Crippen LogP contribution in [0.3, 0.4) is 0 Å². The molecule has 2 amide bonds. The summed E-state index contributed by atoms with van der Waals surface area (Å²) in [6.45, 7) is 5.70. The maximum Gasteiger partial charge on any atom is 0.237 e. The molecule has 19 heavy (non-hydrogen) atoms. The highest BCUT2D eigenvalue weighted by Gasteiger charge is 2.28. The van der Waals surface area contributed by atoms with Crippen molar-refractivity contribution in [3.05, 3.63) is 29.8 Å². The molecule has 0 unspecified atom stereocenters. The lowest BCUT2D eigenvalue weighted by molar-refractivity contribution is -0.142. The van der Waals surface area contributed by atoms with Crippen molar-refractivity contribution in [2.75, 3.05) is 12.3 Å². The first kappa shape index (κ1) is 15.0. The number of nitrogens with two attached hydrogens (primary N) is 2. The zero-order valence-corrected chi connectivity index (χ0v) is 11.6. The molecule has 4 N–H and O–H groups in total. The van der Waals surface area contributed by atoms with E-state index in [9.17, 15) is 9.59 Å². The Hall–Kier alpha value is -2.04. The molecule has 1 aromatic carbocycles. The van der Waals surface area contributed by atoms with Gasteiger partial charge in [-0.25, -0.2) is 0 Å². The van der Waals surface area contributed by atoms with E-state index >= 15 is 0 Å². The van der Waals surface area contributed by atoms with Crippen molar-refractivity contribution in [2.24, 2.45) is 11.1 Å². The summed E-state index contributed by atoms with van der Waals surface area (Å²) < 4.78 is 0. The lowest BCUT2D eigenvalue weighted by Gasteiger charge is -2.28. The number of nitrogens with zero attached hydrogens (tertiary/aromatic N) is 1. The van der Waals surface area contributed by atoms with Gasteiger partial charge in [-0.05, 0) is 17.7 Å². The van der Waals surface area contributed by atoms with Gasteiger partial charge in [0.1, 0.15) is 0 Å². The third-order valence-corrected chi connectivity index (χ3v) is 2.63. The zero-order chi connectivity index (χ0) is 14.6. The van der Waals surface area contributed by atoms with Crippen molar-refractivity contribution in [1.82, 2.24) is 4.90 Å². The SMILES string of the molecule is CC(C)(C)C(=O)N(CC(N)=O)Cc1ccc(N)cc1. The molecule has 1 aromatic rings. The van der Waals surface area contributed by atoms with Crippen molar-refractivity contribution < 1.29 is 9.59 Å². The van der Waals surface area contributed by atoms with Crippen molar-refractivity contribution >= 4 is 17.5 Å². The molecular formula is C14H21N3O2. The van der Waals surface area contributed by atoms with Crippen LogP contribution in [0.2, 0.25) is 0 Å². The average molecular weight is 263 g/mol. The maximum absolute atomic E-state index is 12.3. The van der Waals surface area contributed by atoms with Crippen LogP contribution in [0.25, 0.3) is 0 Å². The molecule has 0 heterocycles. The second-order valence-corrected chi connectivity index (χ2v) is 5.62. The van der Waals surface area contributed by atoms with E-state index in [1.54, 1.807) is 12.1 Å². The van der Waals surface area contributed by atoms with Crippen LogP contribution in [0.5, 0.6) is 0 Å². The summed E-state index contributed by atoms with van der Waals surface area (Å²) in [4.78, 5) is 24.8. The van der Waals surface area contributed by atoms with Gasteiger partial charge in [-0.1, -0.05) is 32.9 Å². The maximum atomic E-state index is 12.3. The van der Waals surface area contributed by atoms with E-state index in [1.807, 2.05) is 32.9 Å². The summed E-state index contributed by atoms with van der Waals surface area (Å²) in [6.07, 6.45) is 0. The lowest BCUT2D eigenvalue weighted by Crippen LogP contribution is -2.43. The summed E-state index contributed by atoms with van der Waals surface area (Å²) in [7, 11) is 0. The van der Waals surface area contributed by atoms with Crippen molar-refractivity contribution in [2.45, 2.75) is 27.3 Å². The Kier molecular flexibility index (Phi) is 4.53. The number of hydrogen-bond acceptors (Lipinski definition) is 3. The molecule has 0 aliphatic heterocycles. The monoisotopic (exact) mass is 263 g/mol. The van der Waals surface area contributed by atoms with E-state index in [-0.39, 0.29) is 12.5 Å². The molecule has 0 saturated heterocycles. The molecular weight excluding hydrogens is 242 g/mol. The molecule has 0 fully saturated rings. The van der Waals surface area contributed by atoms with E-state index in [0.29, 0.717) is 12.2 Å². The second-order valence-electron chi connectivity index (χ2n) is 5.62. The van der Waals surface area contributed by atoms with Crippen LogP contribution >= 0.6 is 0 Å². The minimum absolute atomic E-state index is 0.0829. The molecule has 0 bridgehead atoms. The van der Waals surface area contributed by atoms with E-state index in [1.165, 1.54) is 4.90 Å². The van der Waals surface area contributed by atoms with E-state index < -0.39 is 11.3 Å². The fourth-order valence-electron chi connectivity index (χ4n) is 1.71. The quantitative estimate of drug-likeness (QED) is 0.798. The summed E-state index contributed by atoms with van der Waals surface area (Å²) in [5.41, 5.74) is 11.8. The van der Waals surface area contributed by atoms with Crippen LogP contribution in [0.4, 0.5) is 5.69 Å². The van der Waals surface area contributed by atoms with E-state index in [0.717, 1.165) is 5.56 Å². The average Bonchev–Trinajstić information content (AvgIpc) is 2.28. The van der Waals surface area contributed by atoms with Gasteiger partial charge in [0, 0.05) is 17.6 Å². The predicted octanol–water partition coefficient (Wildman–Crippen LogP) is 1.13. The highest BCUT2D eigenvalue weighted by Crippen LogP contribution is 2.19. The van der Waals surface area contributed by atoms with E-state index in [2.05, 4.69) is 0 Å². The van der Waals surface area contributed by atoms with Crippen molar-refractivity contribution in [3.8, 4) is 0 Å². The number of rotatable bonds is 4. The van der Waals surface area contributed by atoms with Crippen LogP contribution in [0.1, 0.15) is 26.3 Å². The minimum atomic E-state index is -0.552. The van der Waals surface area contributed by atoms with Crippen molar-refractivity contribution in [3.63, 3.8) is 0 Å². The molecule has 0 spiro atoms. The lowest BCUT2D eigenvalue weighted by atomic mass is 9.94. The van der Waals surface area contributed by atoms with Crippen LogP contribution in [0.15, 0.2) is 24.3 Å².